The Morgan fingerprint density at radius 1 is 1.05 bits per heavy atom. The summed E-state index contributed by atoms with van der Waals surface area (Å²) in [5.41, 5.74) is 8.46. The van der Waals surface area contributed by atoms with Gasteiger partial charge in [0.25, 0.3) is 0 Å². The average molecular weight is 304 g/mol. The van der Waals surface area contributed by atoms with Crippen LogP contribution in [0.3, 0.4) is 0 Å². The lowest BCUT2D eigenvalue weighted by Gasteiger charge is -2.11. The van der Waals surface area contributed by atoms with Gasteiger partial charge in [-0.1, -0.05) is 11.6 Å². The second-order valence-corrected chi connectivity index (χ2v) is 4.95. The zero-order valence-electron chi connectivity index (χ0n) is 11.6. The standard InChI is InChI=1S/C15H14ClN3O2/c1-20-11-6-10(7-12(8-11)21-2)19-14-4-3-9(16)5-13(14)18-15(19)17/h3-8H,1-2H3,(H2,17,18). The zero-order chi connectivity index (χ0) is 15.0. The van der Waals surface area contributed by atoms with Crippen molar-refractivity contribution in [3.05, 3.63) is 41.4 Å². The van der Waals surface area contributed by atoms with E-state index in [0.29, 0.717) is 22.5 Å². The lowest BCUT2D eigenvalue weighted by Crippen LogP contribution is -2.01. The van der Waals surface area contributed by atoms with Crippen LogP contribution in [0.4, 0.5) is 5.95 Å². The summed E-state index contributed by atoms with van der Waals surface area (Å²) in [6.45, 7) is 0. The third-order valence-corrected chi connectivity index (χ3v) is 3.47. The number of anilines is 1. The summed E-state index contributed by atoms with van der Waals surface area (Å²) in [5, 5.41) is 0.621. The molecule has 0 spiro atoms. The average Bonchev–Trinajstić information content (AvgIpc) is 2.81. The Morgan fingerprint density at radius 3 is 2.33 bits per heavy atom. The van der Waals surface area contributed by atoms with E-state index in [1.54, 1.807) is 32.4 Å². The van der Waals surface area contributed by atoms with Crippen LogP contribution in [0.2, 0.25) is 5.02 Å². The maximum absolute atomic E-state index is 6.05. The van der Waals surface area contributed by atoms with Gasteiger partial charge in [0.1, 0.15) is 11.5 Å². The molecule has 6 heteroatoms. The number of benzene rings is 2. The van der Waals surface area contributed by atoms with Crippen molar-refractivity contribution >= 4 is 28.6 Å². The molecule has 5 nitrogen and oxygen atoms in total. The fraction of sp³-hybridized carbons (Fsp3) is 0.133. The van der Waals surface area contributed by atoms with Crippen molar-refractivity contribution < 1.29 is 9.47 Å². The summed E-state index contributed by atoms with van der Waals surface area (Å²) in [5.74, 6) is 1.74. The molecule has 0 fully saturated rings. The monoisotopic (exact) mass is 303 g/mol. The number of fused-ring (bicyclic) bond motifs is 1. The molecule has 3 aromatic rings. The lowest BCUT2D eigenvalue weighted by atomic mass is 10.2. The van der Waals surface area contributed by atoms with Gasteiger partial charge in [0, 0.05) is 23.2 Å². The van der Waals surface area contributed by atoms with Crippen LogP contribution >= 0.6 is 11.6 Å². The lowest BCUT2D eigenvalue weighted by molar-refractivity contribution is 0.394. The molecule has 1 aromatic heterocycles. The van der Waals surface area contributed by atoms with Gasteiger partial charge in [0.2, 0.25) is 5.95 Å². The fourth-order valence-electron chi connectivity index (χ4n) is 2.26. The van der Waals surface area contributed by atoms with Crippen molar-refractivity contribution in [2.24, 2.45) is 0 Å². The molecule has 0 aliphatic carbocycles. The number of methoxy groups -OCH3 is 2. The number of rotatable bonds is 3. The number of nitrogen functional groups attached to an aromatic ring is 1. The first-order chi connectivity index (χ1) is 10.1. The molecule has 2 aromatic carbocycles. The fourth-order valence-corrected chi connectivity index (χ4v) is 2.43. The highest BCUT2D eigenvalue weighted by molar-refractivity contribution is 6.31. The van der Waals surface area contributed by atoms with Gasteiger partial charge in [0.15, 0.2) is 0 Å². The first-order valence-electron chi connectivity index (χ1n) is 6.29. The summed E-state index contributed by atoms with van der Waals surface area (Å²) in [7, 11) is 3.21. The molecular weight excluding hydrogens is 290 g/mol. The van der Waals surface area contributed by atoms with Crippen molar-refractivity contribution in [2.45, 2.75) is 0 Å². The summed E-state index contributed by atoms with van der Waals surface area (Å²) >= 11 is 5.99. The maximum atomic E-state index is 6.05. The molecule has 2 N–H and O–H groups in total. The Bertz CT molecular complexity index is 792. The Balaban J connectivity index is 2.27. The van der Waals surface area contributed by atoms with Crippen molar-refractivity contribution in [1.82, 2.24) is 9.55 Å². The molecule has 1 heterocycles. The van der Waals surface area contributed by atoms with Gasteiger partial charge in [0.05, 0.1) is 30.9 Å². The predicted molar refractivity (Wildman–Crippen MR) is 83.6 cm³/mol. The van der Waals surface area contributed by atoms with Crippen LogP contribution < -0.4 is 15.2 Å². The van der Waals surface area contributed by atoms with Gasteiger partial charge in [-0.2, -0.15) is 0 Å². The van der Waals surface area contributed by atoms with E-state index in [1.807, 2.05) is 22.8 Å². The minimum atomic E-state index is 0.377. The Labute approximate surface area is 126 Å². The van der Waals surface area contributed by atoms with Crippen LogP contribution in [0.25, 0.3) is 16.7 Å². The number of halogens is 1. The van der Waals surface area contributed by atoms with E-state index in [4.69, 9.17) is 26.8 Å². The third kappa shape index (κ3) is 2.36. The minimum absolute atomic E-state index is 0.377. The van der Waals surface area contributed by atoms with Crippen molar-refractivity contribution in [3.63, 3.8) is 0 Å². The van der Waals surface area contributed by atoms with E-state index in [1.165, 1.54) is 0 Å². The molecule has 0 radical (unpaired) electrons. The smallest absolute Gasteiger partial charge is 0.205 e. The zero-order valence-corrected chi connectivity index (χ0v) is 12.4. The molecule has 0 saturated carbocycles. The molecule has 0 bridgehead atoms. The Kier molecular flexibility index (Phi) is 3.35. The maximum Gasteiger partial charge on any atom is 0.205 e. The molecule has 0 amide bonds. The van der Waals surface area contributed by atoms with Gasteiger partial charge in [-0.15, -0.1) is 0 Å². The minimum Gasteiger partial charge on any atom is -0.497 e. The number of aromatic nitrogens is 2. The van der Waals surface area contributed by atoms with Gasteiger partial charge in [-0.05, 0) is 18.2 Å². The number of hydrogen-bond donors (Lipinski definition) is 1. The SMILES string of the molecule is COc1cc(OC)cc(-n2c(N)nc3cc(Cl)ccc32)c1. The first-order valence-corrected chi connectivity index (χ1v) is 6.67. The number of nitrogens with two attached hydrogens (primary N) is 1. The van der Waals surface area contributed by atoms with E-state index in [2.05, 4.69) is 4.98 Å². The largest absolute Gasteiger partial charge is 0.497 e. The molecule has 0 unspecified atom stereocenters. The molecule has 0 aliphatic rings. The van der Waals surface area contributed by atoms with Crippen LogP contribution in [0.15, 0.2) is 36.4 Å². The van der Waals surface area contributed by atoms with Gasteiger partial charge >= 0.3 is 0 Å². The van der Waals surface area contributed by atoms with Gasteiger partial charge in [-0.25, -0.2) is 4.98 Å². The van der Waals surface area contributed by atoms with Crippen molar-refractivity contribution in [3.8, 4) is 17.2 Å². The molecular formula is C15H14ClN3O2. The summed E-state index contributed by atoms with van der Waals surface area (Å²) in [4.78, 5) is 4.34. The Morgan fingerprint density at radius 2 is 1.71 bits per heavy atom. The number of hydrogen-bond acceptors (Lipinski definition) is 4. The quantitative estimate of drug-likeness (QED) is 0.806. The van der Waals surface area contributed by atoms with Crippen LogP contribution in [0.1, 0.15) is 0 Å². The normalized spacial score (nSPS) is 10.8. The highest BCUT2D eigenvalue weighted by Gasteiger charge is 2.12. The molecule has 3 rings (SSSR count). The van der Waals surface area contributed by atoms with Gasteiger partial charge < -0.3 is 15.2 Å². The molecule has 21 heavy (non-hydrogen) atoms. The van der Waals surface area contributed by atoms with Crippen molar-refractivity contribution in [1.29, 1.82) is 0 Å². The topological polar surface area (TPSA) is 62.3 Å². The molecule has 108 valence electrons. The summed E-state index contributed by atoms with van der Waals surface area (Å²) in [6.07, 6.45) is 0. The Hall–Kier alpha value is -2.40. The third-order valence-electron chi connectivity index (χ3n) is 3.24. The summed E-state index contributed by atoms with van der Waals surface area (Å²) in [6, 6.07) is 11.0. The summed E-state index contributed by atoms with van der Waals surface area (Å²) < 4.78 is 12.4. The van der Waals surface area contributed by atoms with Crippen LogP contribution in [0, 0.1) is 0 Å². The molecule has 0 saturated heterocycles. The molecule has 0 atom stereocenters. The van der Waals surface area contributed by atoms with E-state index >= 15 is 0 Å². The van der Waals surface area contributed by atoms with E-state index in [0.717, 1.165) is 16.7 Å². The van der Waals surface area contributed by atoms with Crippen molar-refractivity contribution in [2.75, 3.05) is 20.0 Å². The van der Waals surface area contributed by atoms with E-state index in [9.17, 15) is 0 Å². The second-order valence-electron chi connectivity index (χ2n) is 4.51. The highest BCUT2D eigenvalue weighted by Crippen LogP contribution is 2.30. The first kappa shape index (κ1) is 13.6. The molecule has 0 aliphatic heterocycles. The van der Waals surface area contributed by atoms with Gasteiger partial charge in [-0.3, -0.25) is 4.57 Å². The van der Waals surface area contributed by atoms with Crippen LogP contribution in [-0.2, 0) is 0 Å². The highest BCUT2D eigenvalue weighted by atomic mass is 35.5. The number of nitrogens with zero attached hydrogens (tertiary/aromatic N) is 2. The van der Waals surface area contributed by atoms with Crippen LogP contribution in [-0.4, -0.2) is 23.8 Å². The van der Waals surface area contributed by atoms with E-state index in [-0.39, 0.29) is 0 Å². The number of imidazole rings is 1. The number of ether oxygens (including phenoxy) is 2. The van der Waals surface area contributed by atoms with Crippen LogP contribution in [0.5, 0.6) is 11.5 Å². The predicted octanol–water partition coefficient (Wildman–Crippen LogP) is 3.28. The second kappa shape index (κ2) is 5.18. The van der Waals surface area contributed by atoms with E-state index < -0.39 is 0 Å².